The van der Waals surface area contributed by atoms with Gasteiger partial charge in [0.2, 0.25) is 0 Å². The lowest BCUT2D eigenvalue weighted by Crippen LogP contribution is -2.10. The van der Waals surface area contributed by atoms with Gasteiger partial charge in [-0.15, -0.1) is 0 Å². The predicted molar refractivity (Wildman–Crippen MR) is 80.1 cm³/mol. The van der Waals surface area contributed by atoms with Gasteiger partial charge in [0.25, 0.3) is 5.56 Å². The number of hydrogen-bond donors (Lipinski definition) is 0. The van der Waals surface area contributed by atoms with E-state index in [0.717, 1.165) is 29.0 Å². The van der Waals surface area contributed by atoms with Crippen molar-refractivity contribution in [2.24, 2.45) is 0 Å². The predicted octanol–water partition coefficient (Wildman–Crippen LogP) is 3.64. The standard InChI is InChI=1S/C15H16N2OS/c1-2-3-4-7-11-10-14(18)16-15-17(11)12-8-5-6-9-13(12)19-15/h5-6,8-10H,2-4,7H2,1H3. The van der Waals surface area contributed by atoms with Crippen molar-refractivity contribution >= 4 is 26.5 Å². The number of aryl methyl sites for hydroxylation is 1. The van der Waals surface area contributed by atoms with Crippen LogP contribution in [0, 0.1) is 0 Å². The van der Waals surface area contributed by atoms with Crippen molar-refractivity contribution in [2.45, 2.75) is 32.6 Å². The first-order valence-corrected chi connectivity index (χ1v) is 7.51. The molecule has 0 saturated carbocycles. The molecule has 0 atom stereocenters. The number of fused-ring (bicyclic) bond motifs is 3. The SMILES string of the molecule is CCCCCc1cc(=O)nc2sc3ccccc3n12. The molecule has 0 unspecified atom stereocenters. The highest BCUT2D eigenvalue weighted by atomic mass is 32.1. The Kier molecular flexibility index (Phi) is 3.34. The highest BCUT2D eigenvalue weighted by molar-refractivity contribution is 7.23. The maximum absolute atomic E-state index is 11.7. The second kappa shape index (κ2) is 5.13. The summed E-state index contributed by atoms with van der Waals surface area (Å²) >= 11 is 1.58. The highest BCUT2D eigenvalue weighted by Gasteiger charge is 2.09. The molecule has 0 aliphatic rings. The molecule has 1 aromatic carbocycles. The van der Waals surface area contributed by atoms with Crippen molar-refractivity contribution in [2.75, 3.05) is 0 Å². The minimum absolute atomic E-state index is 0.127. The molecule has 0 amide bonds. The van der Waals surface area contributed by atoms with E-state index in [2.05, 4.69) is 28.4 Å². The fraction of sp³-hybridized carbons (Fsp3) is 0.333. The van der Waals surface area contributed by atoms with Crippen LogP contribution >= 0.6 is 11.3 Å². The molecule has 2 heterocycles. The van der Waals surface area contributed by atoms with Crippen molar-refractivity contribution in [1.29, 1.82) is 0 Å². The van der Waals surface area contributed by atoms with Crippen molar-refractivity contribution in [3.63, 3.8) is 0 Å². The average Bonchev–Trinajstić information content (AvgIpc) is 2.76. The summed E-state index contributed by atoms with van der Waals surface area (Å²) in [6.45, 7) is 2.19. The normalized spacial score (nSPS) is 11.4. The Hall–Kier alpha value is -1.68. The first-order valence-electron chi connectivity index (χ1n) is 6.70. The van der Waals surface area contributed by atoms with Gasteiger partial charge in [0.15, 0.2) is 4.96 Å². The number of rotatable bonds is 4. The van der Waals surface area contributed by atoms with Crippen LogP contribution in [0.1, 0.15) is 31.9 Å². The molecule has 0 spiro atoms. The lowest BCUT2D eigenvalue weighted by Gasteiger charge is -2.05. The van der Waals surface area contributed by atoms with Gasteiger partial charge >= 0.3 is 0 Å². The van der Waals surface area contributed by atoms with E-state index >= 15 is 0 Å². The van der Waals surface area contributed by atoms with Gasteiger partial charge < -0.3 is 0 Å². The lowest BCUT2D eigenvalue weighted by molar-refractivity contribution is 0.702. The second-order valence-electron chi connectivity index (χ2n) is 4.73. The van der Waals surface area contributed by atoms with Crippen molar-refractivity contribution in [3.05, 3.63) is 46.4 Å². The van der Waals surface area contributed by atoms with Crippen LogP contribution in [0.15, 0.2) is 35.1 Å². The smallest absolute Gasteiger partial charge is 0.274 e. The zero-order chi connectivity index (χ0) is 13.2. The molecule has 3 aromatic rings. The minimum Gasteiger partial charge on any atom is -0.289 e. The van der Waals surface area contributed by atoms with Gasteiger partial charge in [0, 0.05) is 11.8 Å². The molecular formula is C15H16N2OS. The van der Waals surface area contributed by atoms with Crippen LogP contribution in [0.25, 0.3) is 15.2 Å². The summed E-state index contributed by atoms with van der Waals surface area (Å²) in [5.74, 6) is 0. The summed E-state index contributed by atoms with van der Waals surface area (Å²) < 4.78 is 3.31. The average molecular weight is 272 g/mol. The van der Waals surface area contributed by atoms with Crippen LogP contribution in [0.5, 0.6) is 0 Å². The number of hydrogen-bond acceptors (Lipinski definition) is 3. The maximum Gasteiger partial charge on any atom is 0.274 e. The summed E-state index contributed by atoms with van der Waals surface area (Å²) in [5, 5.41) is 0. The molecule has 2 aromatic heterocycles. The first kappa shape index (κ1) is 12.4. The first-order chi connectivity index (χ1) is 9.29. The topological polar surface area (TPSA) is 34.4 Å². The number of benzene rings is 1. The molecule has 0 bridgehead atoms. The summed E-state index contributed by atoms with van der Waals surface area (Å²) in [5.41, 5.74) is 2.11. The Labute approximate surface area is 115 Å². The van der Waals surface area contributed by atoms with E-state index in [1.165, 1.54) is 17.5 Å². The van der Waals surface area contributed by atoms with E-state index in [1.807, 2.05) is 12.1 Å². The van der Waals surface area contributed by atoms with Crippen molar-refractivity contribution in [3.8, 4) is 0 Å². The van der Waals surface area contributed by atoms with Crippen LogP contribution in [-0.4, -0.2) is 9.38 Å². The Balaban J connectivity index is 2.20. The molecule has 0 N–H and O–H groups in total. The number of para-hydroxylation sites is 1. The van der Waals surface area contributed by atoms with E-state index in [4.69, 9.17) is 0 Å². The van der Waals surface area contributed by atoms with Crippen LogP contribution in [0.4, 0.5) is 0 Å². The second-order valence-corrected chi connectivity index (χ2v) is 5.74. The van der Waals surface area contributed by atoms with E-state index in [0.29, 0.717) is 0 Å². The van der Waals surface area contributed by atoms with E-state index < -0.39 is 0 Å². The monoisotopic (exact) mass is 272 g/mol. The van der Waals surface area contributed by atoms with Crippen molar-refractivity contribution < 1.29 is 0 Å². The minimum atomic E-state index is -0.127. The number of unbranched alkanes of at least 4 members (excludes halogenated alkanes) is 2. The summed E-state index contributed by atoms with van der Waals surface area (Å²) in [6, 6.07) is 9.90. The summed E-state index contributed by atoms with van der Waals surface area (Å²) in [6.07, 6.45) is 4.44. The summed E-state index contributed by atoms with van der Waals surface area (Å²) in [7, 11) is 0. The Morgan fingerprint density at radius 3 is 2.95 bits per heavy atom. The molecule has 19 heavy (non-hydrogen) atoms. The van der Waals surface area contributed by atoms with Gasteiger partial charge in [-0.3, -0.25) is 9.20 Å². The molecule has 0 aliphatic carbocycles. The summed E-state index contributed by atoms with van der Waals surface area (Å²) in [4.78, 5) is 16.6. The highest BCUT2D eigenvalue weighted by Crippen LogP contribution is 2.25. The zero-order valence-corrected chi connectivity index (χ0v) is 11.7. The molecule has 3 rings (SSSR count). The third-order valence-electron chi connectivity index (χ3n) is 3.32. The van der Waals surface area contributed by atoms with Gasteiger partial charge in [-0.05, 0) is 25.0 Å². The number of aromatic nitrogens is 2. The van der Waals surface area contributed by atoms with Crippen LogP contribution < -0.4 is 5.56 Å². The molecule has 98 valence electrons. The lowest BCUT2D eigenvalue weighted by atomic mass is 10.1. The largest absolute Gasteiger partial charge is 0.289 e. The molecule has 4 heteroatoms. The third kappa shape index (κ3) is 2.28. The van der Waals surface area contributed by atoms with Gasteiger partial charge in [-0.2, -0.15) is 4.98 Å². The number of thiazole rings is 1. The van der Waals surface area contributed by atoms with E-state index in [1.54, 1.807) is 17.4 Å². The fourth-order valence-electron chi connectivity index (χ4n) is 2.40. The fourth-order valence-corrected chi connectivity index (χ4v) is 3.45. The Morgan fingerprint density at radius 1 is 1.26 bits per heavy atom. The quantitative estimate of drug-likeness (QED) is 0.679. The Morgan fingerprint density at radius 2 is 2.11 bits per heavy atom. The van der Waals surface area contributed by atoms with Crippen molar-refractivity contribution in [1.82, 2.24) is 9.38 Å². The zero-order valence-electron chi connectivity index (χ0n) is 10.9. The molecule has 0 radical (unpaired) electrons. The van der Waals surface area contributed by atoms with Gasteiger partial charge in [0.1, 0.15) is 0 Å². The van der Waals surface area contributed by atoms with Crippen LogP contribution in [0.2, 0.25) is 0 Å². The van der Waals surface area contributed by atoms with Crippen LogP contribution in [-0.2, 0) is 6.42 Å². The van der Waals surface area contributed by atoms with E-state index in [-0.39, 0.29) is 5.56 Å². The molecule has 3 nitrogen and oxygen atoms in total. The molecule has 0 aliphatic heterocycles. The van der Waals surface area contributed by atoms with Gasteiger partial charge in [-0.1, -0.05) is 43.2 Å². The van der Waals surface area contributed by atoms with Gasteiger partial charge in [-0.25, -0.2) is 0 Å². The maximum atomic E-state index is 11.7. The molecule has 0 fully saturated rings. The van der Waals surface area contributed by atoms with E-state index in [9.17, 15) is 4.79 Å². The number of nitrogens with zero attached hydrogens (tertiary/aromatic N) is 2. The van der Waals surface area contributed by atoms with Gasteiger partial charge in [0.05, 0.1) is 10.2 Å². The molecular weight excluding hydrogens is 256 g/mol. The Bertz CT molecular complexity index is 773. The van der Waals surface area contributed by atoms with Crippen LogP contribution in [0.3, 0.4) is 0 Å². The third-order valence-corrected chi connectivity index (χ3v) is 4.34. The molecule has 0 saturated heterocycles.